The van der Waals surface area contributed by atoms with Gasteiger partial charge in [-0.15, -0.1) is 0 Å². The van der Waals surface area contributed by atoms with Crippen molar-refractivity contribution in [2.24, 2.45) is 0 Å². The number of amides is 1. The van der Waals surface area contributed by atoms with Crippen molar-refractivity contribution in [3.05, 3.63) is 65.2 Å². The molecule has 11 heteroatoms. The number of benzene rings is 2. The van der Waals surface area contributed by atoms with Crippen LogP contribution < -0.4 is 16.0 Å². The maximum Gasteiger partial charge on any atom is 0.416 e. The van der Waals surface area contributed by atoms with E-state index in [1.807, 2.05) is 0 Å². The predicted octanol–water partition coefficient (Wildman–Crippen LogP) is 5.43. The van der Waals surface area contributed by atoms with Gasteiger partial charge in [-0.05, 0) is 49.0 Å². The number of halogens is 6. The Hall–Kier alpha value is -1.74. The van der Waals surface area contributed by atoms with Crippen LogP contribution in [0.25, 0.3) is 0 Å². The SMILES string of the molecule is Cc1ccccc1C(=O)NC(NC(=S)Nc1cccc(C(F)(F)F)c1)C(Cl)(Cl)Cl. The minimum absolute atomic E-state index is 0.0747. The largest absolute Gasteiger partial charge is 0.416 e. The van der Waals surface area contributed by atoms with Crippen LogP contribution in [0.3, 0.4) is 0 Å². The molecule has 0 aliphatic carbocycles. The van der Waals surface area contributed by atoms with Gasteiger partial charge in [0.2, 0.25) is 3.79 Å². The topological polar surface area (TPSA) is 53.2 Å². The van der Waals surface area contributed by atoms with E-state index in [2.05, 4.69) is 16.0 Å². The summed E-state index contributed by atoms with van der Waals surface area (Å²) in [6.07, 6.45) is -5.76. The van der Waals surface area contributed by atoms with Crippen LogP contribution in [0.15, 0.2) is 48.5 Å². The van der Waals surface area contributed by atoms with Gasteiger partial charge in [-0.25, -0.2) is 0 Å². The summed E-state index contributed by atoms with van der Waals surface area (Å²) in [7, 11) is 0. The summed E-state index contributed by atoms with van der Waals surface area (Å²) in [6.45, 7) is 1.74. The van der Waals surface area contributed by atoms with Gasteiger partial charge in [0.15, 0.2) is 5.11 Å². The Morgan fingerprint density at radius 1 is 1.03 bits per heavy atom. The van der Waals surface area contributed by atoms with E-state index in [0.29, 0.717) is 11.1 Å². The van der Waals surface area contributed by atoms with Crippen molar-refractivity contribution in [2.75, 3.05) is 5.32 Å². The zero-order valence-electron chi connectivity index (χ0n) is 14.8. The molecule has 0 aliphatic rings. The molecular weight excluding hydrogens is 470 g/mol. The highest BCUT2D eigenvalue weighted by atomic mass is 35.6. The molecule has 2 aromatic carbocycles. The van der Waals surface area contributed by atoms with E-state index in [4.69, 9.17) is 47.0 Å². The van der Waals surface area contributed by atoms with E-state index >= 15 is 0 Å². The summed E-state index contributed by atoms with van der Waals surface area (Å²) in [5.74, 6) is -0.520. The Kier molecular flexibility index (Phi) is 7.62. The summed E-state index contributed by atoms with van der Waals surface area (Å²) >= 11 is 22.8. The summed E-state index contributed by atoms with van der Waals surface area (Å²) < 4.78 is 36.5. The van der Waals surface area contributed by atoms with Crippen molar-refractivity contribution >= 4 is 63.7 Å². The first kappa shape index (κ1) is 23.5. The zero-order valence-corrected chi connectivity index (χ0v) is 17.9. The molecule has 2 rings (SSSR count). The van der Waals surface area contributed by atoms with Crippen molar-refractivity contribution in [3.63, 3.8) is 0 Å². The van der Waals surface area contributed by atoms with Crippen molar-refractivity contribution < 1.29 is 18.0 Å². The Labute approximate surface area is 185 Å². The van der Waals surface area contributed by atoms with E-state index in [-0.39, 0.29) is 10.8 Å². The van der Waals surface area contributed by atoms with Gasteiger partial charge in [0.05, 0.1) is 5.56 Å². The first-order chi connectivity index (χ1) is 13.4. The number of nitrogens with one attached hydrogen (secondary N) is 3. The van der Waals surface area contributed by atoms with Gasteiger partial charge in [0.25, 0.3) is 5.91 Å². The Bertz CT molecular complexity index is 904. The van der Waals surface area contributed by atoms with Crippen molar-refractivity contribution in [1.82, 2.24) is 10.6 Å². The second kappa shape index (κ2) is 9.38. The van der Waals surface area contributed by atoms with Crippen LogP contribution in [-0.2, 0) is 6.18 Å². The third-order valence-electron chi connectivity index (χ3n) is 3.72. The lowest BCUT2D eigenvalue weighted by Crippen LogP contribution is -2.56. The molecule has 156 valence electrons. The maximum absolute atomic E-state index is 12.8. The molecule has 0 radical (unpaired) electrons. The number of hydrogen-bond donors (Lipinski definition) is 3. The van der Waals surface area contributed by atoms with Crippen LogP contribution in [0.5, 0.6) is 0 Å². The summed E-state index contributed by atoms with van der Waals surface area (Å²) in [6, 6.07) is 11.2. The standard InChI is InChI=1S/C18H15Cl3F3N3OS/c1-10-5-2-3-8-13(10)14(28)26-15(17(19,20)21)27-16(29)25-12-7-4-6-11(9-12)18(22,23)24/h2-9,15H,1H3,(H,26,28)(H2,25,27,29). The smallest absolute Gasteiger partial charge is 0.339 e. The molecule has 0 spiro atoms. The van der Waals surface area contributed by atoms with Crippen molar-refractivity contribution in [2.45, 2.75) is 23.1 Å². The van der Waals surface area contributed by atoms with Crippen LogP contribution in [0.2, 0.25) is 0 Å². The summed E-state index contributed by atoms with van der Waals surface area (Å²) in [4.78, 5) is 12.5. The second-order valence-electron chi connectivity index (χ2n) is 5.94. The summed E-state index contributed by atoms with van der Waals surface area (Å²) in [5.41, 5.74) is 0.296. The molecule has 3 N–H and O–H groups in total. The molecule has 0 saturated carbocycles. The minimum atomic E-state index is -4.51. The van der Waals surface area contributed by atoms with Crippen molar-refractivity contribution in [1.29, 1.82) is 0 Å². The third kappa shape index (κ3) is 6.92. The highest BCUT2D eigenvalue weighted by molar-refractivity contribution is 7.80. The monoisotopic (exact) mass is 483 g/mol. The zero-order chi connectivity index (χ0) is 21.8. The van der Waals surface area contributed by atoms with Crippen LogP contribution >= 0.6 is 47.0 Å². The molecule has 1 amide bonds. The van der Waals surface area contributed by atoms with Crippen LogP contribution in [0.1, 0.15) is 21.5 Å². The molecule has 1 atom stereocenters. The molecule has 1 unspecified atom stereocenters. The first-order valence-corrected chi connectivity index (χ1v) is 9.60. The quantitative estimate of drug-likeness (QED) is 0.308. The number of thiocarbonyl (C=S) groups is 1. The maximum atomic E-state index is 12.8. The number of carbonyl (C=O) groups excluding carboxylic acids is 1. The number of rotatable bonds is 4. The Morgan fingerprint density at radius 3 is 2.28 bits per heavy atom. The predicted molar refractivity (Wildman–Crippen MR) is 114 cm³/mol. The Balaban J connectivity index is 2.12. The van der Waals surface area contributed by atoms with Gasteiger partial charge in [0.1, 0.15) is 6.17 Å². The average molecular weight is 485 g/mol. The van der Waals surface area contributed by atoms with Crippen LogP contribution in [-0.4, -0.2) is 21.0 Å². The Morgan fingerprint density at radius 2 is 1.69 bits per heavy atom. The van der Waals surface area contributed by atoms with E-state index in [1.54, 1.807) is 31.2 Å². The number of hydrogen-bond acceptors (Lipinski definition) is 2. The normalized spacial score (nSPS) is 12.8. The fourth-order valence-electron chi connectivity index (χ4n) is 2.31. The lowest BCUT2D eigenvalue weighted by Gasteiger charge is -2.28. The number of aryl methyl sites for hydroxylation is 1. The molecule has 0 aliphatic heterocycles. The lowest BCUT2D eigenvalue weighted by atomic mass is 10.1. The highest BCUT2D eigenvalue weighted by Gasteiger charge is 2.35. The number of anilines is 1. The molecule has 4 nitrogen and oxygen atoms in total. The number of carbonyl (C=O) groups is 1. The van der Waals surface area contributed by atoms with E-state index < -0.39 is 27.6 Å². The minimum Gasteiger partial charge on any atom is -0.339 e. The first-order valence-electron chi connectivity index (χ1n) is 8.06. The van der Waals surface area contributed by atoms with E-state index in [1.165, 1.54) is 12.1 Å². The van der Waals surface area contributed by atoms with Gasteiger partial charge in [-0.1, -0.05) is 59.1 Å². The van der Waals surface area contributed by atoms with Gasteiger partial charge >= 0.3 is 6.18 Å². The van der Waals surface area contributed by atoms with Crippen LogP contribution in [0.4, 0.5) is 18.9 Å². The van der Waals surface area contributed by atoms with Gasteiger partial charge in [-0.2, -0.15) is 13.2 Å². The molecule has 29 heavy (non-hydrogen) atoms. The molecule has 0 fully saturated rings. The number of alkyl halides is 6. The van der Waals surface area contributed by atoms with Gasteiger partial charge in [-0.3, -0.25) is 4.79 Å². The van der Waals surface area contributed by atoms with Gasteiger partial charge < -0.3 is 16.0 Å². The van der Waals surface area contributed by atoms with E-state index in [0.717, 1.165) is 12.1 Å². The highest BCUT2D eigenvalue weighted by Crippen LogP contribution is 2.31. The fourth-order valence-corrected chi connectivity index (χ4v) is 2.87. The molecule has 0 bridgehead atoms. The van der Waals surface area contributed by atoms with Crippen LogP contribution in [0, 0.1) is 6.92 Å². The lowest BCUT2D eigenvalue weighted by molar-refractivity contribution is -0.137. The van der Waals surface area contributed by atoms with Gasteiger partial charge in [0, 0.05) is 11.3 Å². The fraction of sp³-hybridized carbons (Fsp3) is 0.222. The summed E-state index contributed by atoms with van der Waals surface area (Å²) in [5, 5.41) is 7.54. The third-order valence-corrected chi connectivity index (χ3v) is 4.59. The second-order valence-corrected chi connectivity index (χ2v) is 8.72. The molecule has 0 heterocycles. The average Bonchev–Trinajstić information content (AvgIpc) is 2.60. The molecule has 0 saturated heterocycles. The van der Waals surface area contributed by atoms with Crippen molar-refractivity contribution in [3.8, 4) is 0 Å². The van der Waals surface area contributed by atoms with E-state index in [9.17, 15) is 18.0 Å². The molecule has 0 aromatic heterocycles. The molecular formula is C18H15Cl3F3N3OS. The molecule has 2 aromatic rings.